The van der Waals surface area contributed by atoms with E-state index in [2.05, 4.69) is 11.8 Å². The van der Waals surface area contributed by atoms with Crippen molar-refractivity contribution in [3.8, 4) is 0 Å². The molecule has 0 spiro atoms. The first-order chi connectivity index (χ1) is 9.40. The van der Waals surface area contributed by atoms with Crippen molar-refractivity contribution in [2.45, 2.75) is 37.0 Å². The zero-order valence-electron chi connectivity index (χ0n) is 12.1. The Morgan fingerprint density at radius 3 is 2.45 bits per heavy atom. The van der Waals surface area contributed by atoms with Gasteiger partial charge in [-0.3, -0.25) is 0 Å². The van der Waals surface area contributed by atoms with Gasteiger partial charge in [0.2, 0.25) is 0 Å². The molecule has 1 aromatic rings. The Kier molecular flexibility index (Phi) is 4.81. The molecule has 0 amide bonds. The van der Waals surface area contributed by atoms with Crippen molar-refractivity contribution in [2.24, 2.45) is 0 Å². The van der Waals surface area contributed by atoms with Crippen molar-refractivity contribution >= 4 is 9.84 Å². The lowest BCUT2D eigenvalue weighted by atomic mass is 9.89. The average molecular weight is 299 g/mol. The third kappa shape index (κ3) is 3.79. The van der Waals surface area contributed by atoms with E-state index in [1.54, 1.807) is 6.07 Å². The number of sulfone groups is 1. The smallest absolute Gasteiger partial charge is 0.175 e. The molecular formula is C15H22FNO2S. The summed E-state index contributed by atoms with van der Waals surface area (Å²) in [5.74, 6) is -0.196. The summed E-state index contributed by atoms with van der Waals surface area (Å²) >= 11 is 0. The number of hydrogen-bond donors (Lipinski definition) is 0. The van der Waals surface area contributed by atoms with Crippen LogP contribution in [0.4, 0.5) is 4.39 Å². The predicted octanol–water partition coefficient (Wildman–Crippen LogP) is 2.82. The third-order valence-electron chi connectivity index (χ3n) is 3.92. The largest absolute Gasteiger partial charge is 0.303 e. The van der Waals surface area contributed by atoms with E-state index in [0.717, 1.165) is 56.8 Å². The van der Waals surface area contributed by atoms with Gasteiger partial charge in [0.25, 0.3) is 0 Å². The van der Waals surface area contributed by atoms with Crippen LogP contribution in [0.2, 0.25) is 0 Å². The fraction of sp³-hybridized carbons (Fsp3) is 0.600. The molecule has 1 saturated heterocycles. The van der Waals surface area contributed by atoms with Crippen molar-refractivity contribution in [2.75, 3.05) is 25.9 Å². The average Bonchev–Trinajstić information content (AvgIpc) is 2.38. The molecule has 0 aromatic heterocycles. The van der Waals surface area contributed by atoms with Crippen LogP contribution in [0, 0.1) is 5.82 Å². The monoisotopic (exact) mass is 299 g/mol. The van der Waals surface area contributed by atoms with Gasteiger partial charge in [-0.1, -0.05) is 6.92 Å². The highest BCUT2D eigenvalue weighted by Gasteiger charge is 2.22. The van der Waals surface area contributed by atoms with E-state index in [1.165, 1.54) is 6.07 Å². The Morgan fingerprint density at radius 2 is 1.90 bits per heavy atom. The lowest BCUT2D eigenvalue weighted by Crippen LogP contribution is -2.33. The van der Waals surface area contributed by atoms with E-state index in [4.69, 9.17) is 0 Å². The number of nitrogens with zero attached hydrogens (tertiary/aromatic N) is 1. The molecule has 0 radical (unpaired) electrons. The molecule has 20 heavy (non-hydrogen) atoms. The maximum absolute atomic E-state index is 13.6. The van der Waals surface area contributed by atoms with E-state index in [-0.39, 0.29) is 10.8 Å². The molecule has 5 heteroatoms. The van der Waals surface area contributed by atoms with E-state index in [1.807, 2.05) is 0 Å². The summed E-state index contributed by atoms with van der Waals surface area (Å²) in [6, 6.07) is 4.22. The van der Waals surface area contributed by atoms with E-state index < -0.39 is 15.7 Å². The molecule has 1 aliphatic rings. The maximum atomic E-state index is 13.6. The van der Waals surface area contributed by atoms with Crippen molar-refractivity contribution in [3.63, 3.8) is 0 Å². The number of halogens is 1. The summed E-state index contributed by atoms with van der Waals surface area (Å²) < 4.78 is 36.8. The Balaban J connectivity index is 2.16. The molecule has 0 bridgehead atoms. The van der Waals surface area contributed by atoms with Gasteiger partial charge in [0.15, 0.2) is 9.84 Å². The lowest BCUT2D eigenvalue weighted by molar-refractivity contribution is 0.212. The predicted molar refractivity (Wildman–Crippen MR) is 78.2 cm³/mol. The zero-order chi connectivity index (χ0) is 14.8. The first-order valence-electron chi connectivity index (χ1n) is 7.13. The molecule has 2 rings (SSSR count). The summed E-state index contributed by atoms with van der Waals surface area (Å²) in [5.41, 5.74) is 0.821. The van der Waals surface area contributed by atoms with Crippen LogP contribution in [0.15, 0.2) is 23.1 Å². The summed E-state index contributed by atoms with van der Waals surface area (Å²) in [6.07, 6.45) is 4.19. The summed E-state index contributed by atoms with van der Waals surface area (Å²) in [4.78, 5) is 2.50. The summed E-state index contributed by atoms with van der Waals surface area (Å²) in [6.45, 7) is 5.27. The number of benzene rings is 1. The molecule has 1 heterocycles. The highest BCUT2D eigenvalue weighted by atomic mass is 32.2. The fourth-order valence-electron chi connectivity index (χ4n) is 2.84. The van der Waals surface area contributed by atoms with Crippen molar-refractivity contribution in [3.05, 3.63) is 29.6 Å². The molecule has 0 aliphatic carbocycles. The van der Waals surface area contributed by atoms with Crippen molar-refractivity contribution in [1.82, 2.24) is 4.90 Å². The second-order valence-electron chi connectivity index (χ2n) is 5.61. The standard InChI is InChI=1S/C15H22FNO2S/c1-3-6-17-7-4-12(5-8-17)13-9-14(16)11-15(10-13)20(2,18)19/h9-12H,3-8H2,1-2H3. The quantitative estimate of drug-likeness (QED) is 0.858. The van der Waals surface area contributed by atoms with E-state index in [9.17, 15) is 12.8 Å². The lowest BCUT2D eigenvalue weighted by Gasteiger charge is -2.32. The van der Waals surface area contributed by atoms with Crippen LogP contribution in [0.5, 0.6) is 0 Å². The minimum absolute atomic E-state index is 0.0866. The highest BCUT2D eigenvalue weighted by molar-refractivity contribution is 7.90. The Labute approximate surface area is 120 Å². The van der Waals surface area contributed by atoms with Gasteiger partial charge in [-0.2, -0.15) is 0 Å². The Morgan fingerprint density at radius 1 is 1.25 bits per heavy atom. The minimum atomic E-state index is -3.36. The molecule has 0 saturated carbocycles. The van der Waals surface area contributed by atoms with Gasteiger partial charge in [0.05, 0.1) is 4.90 Å². The van der Waals surface area contributed by atoms with Crippen LogP contribution < -0.4 is 0 Å². The van der Waals surface area contributed by atoms with Gasteiger partial charge >= 0.3 is 0 Å². The van der Waals surface area contributed by atoms with Gasteiger partial charge in [0, 0.05) is 6.26 Å². The van der Waals surface area contributed by atoms with Crippen molar-refractivity contribution < 1.29 is 12.8 Å². The molecular weight excluding hydrogens is 277 g/mol. The number of likely N-dealkylation sites (tertiary alicyclic amines) is 1. The third-order valence-corrected chi connectivity index (χ3v) is 5.01. The van der Waals surface area contributed by atoms with Gasteiger partial charge in [-0.15, -0.1) is 0 Å². The zero-order valence-corrected chi connectivity index (χ0v) is 12.9. The molecule has 3 nitrogen and oxygen atoms in total. The van der Waals surface area contributed by atoms with Crippen LogP contribution in [-0.4, -0.2) is 39.2 Å². The molecule has 1 fully saturated rings. The molecule has 0 atom stereocenters. The molecule has 0 unspecified atom stereocenters. The topological polar surface area (TPSA) is 37.4 Å². The van der Waals surface area contributed by atoms with Crippen LogP contribution in [0.3, 0.4) is 0 Å². The van der Waals surface area contributed by atoms with Gasteiger partial charge in [0.1, 0.15) is 5.82 Å². The van der Waals surface area contributed by atoms with E-state index in [0.29, 0.717) is 0 Å². The van der Waals surface area contributed by atoms with Crippen LogP contribution in [-0.2, 0) is 9.84 Å². The number of piperidine rings is 1. The van der Waals surface area contributed by atoms with E-state index >= 15 is 0 Å². The molecule has 0 N–H and O–H groups in total. The second kappa shape index (κ2) is 6.22. The number of hydrogen-bond acceptors (Lipinski definition) is 3. The summed E-state index contributed by atoms with van der Waals surface area (Å²) in [5, 5.41) is 0. The Bertz CT molecular complexity index is 563. The number of rotatable bonds is 4. The minimum Gasteiger partial charge on any atom is -0.303 e. The molecule has 1 aromatic carbocycles. The van der Waals surface area contributed by atoms with Gasteiger partial charge < -0.3 is 4.90 Å². The van der Waals surface area contributed by atoms with Gasteiger partial charge in [-0.25, -0.2) is 12.8 Å². The van der Waals surface area contributed by atoms with Crippen LogP contribution >= 0.6 is 0 Å². The Hall–Kier alpha value is -0.940. The second-order valence-corrected chi connectivity index (χ2v) is 7.62. The molecule has 112 valence electrons. The maximum Gasteiger partial charge on any atom is 0.175 e. The first kappa shape index (κ1) is 15.4. The van der Waals surface area contributed by atoms with Crippen LogP contribution in [0.1, 0.15) is 37.7 Å². The SMILES string of the molecule is CCCN1CCC(c2cc(F)cc(S(C)(=O)=O)c2)CC1. The molecule has 1 aliphatic heterocycles. The summed E-state index contributed by atoms with van der Waals surface area (Å²) in [7, 11) is -3.36. The van der Waals surface area contributed by atoms with Gasteiger partial charge in [-0.05, 0) is 68.6 Å². The van der Waals surface area contributed by atoms with Crippen molar-refractivity contribution in [1.29, 1.82) is 0 Å². The normalized spacial score (nSPS) is 18.4. The highest BCUT2D eigenvalue weighted by Crippen LogP contribution is 2.30. The first-order valence-corrected chi connectivity index (χ1v) is 9.02. The fourth-order valence-corrected chi connectivity index (χ4v) is 3.52. The van der Waals surface area contributed by atoms with Crippen LogP contribution in [0.25, 0.3) is 0 Å².